The van der Waals surface area contributed by atoms with Crippen molar-refractivity contribution in [2.75, 3.05) is 11.4 Å². The first-order valence-corrected chi connectivity index (χ1v) is 8.96. The minimum Gasteiger partial charge on any atom is -0.478 e. The van der Waals surface area contributed by atoms with Crippen LogP contribution < -0.4 is 4.90 Å². The number of rotatable bonds is 4. The Balaban J connectivity index is 2.01. The van der Waals surface area contributed by atoms with Gasteiger partial charge in [-0.2, -0.15) is 0 Å². The normalized spacial score (nSPS) is 14.8. The molecule has 0 atom stereocenters. The summed E-state index contributed by atoms with van der Waals surface area (Å²) in [5.74, 6) is -2.08. The summed E-state index contributed by atoms with van der Waals surface area (Å²) in [7, 11) is -4.45. The number of sulfonamides is 1. The van der Waals surface area contributed by atoms with Gasteiger partial charge < -0.3 is 5.11 Å². The number of nitrogens with zero attached hydrogens (tertiary/aromatic N) is 2. The molecule has 0 aliphatic carbocycles. The maximum absolute atomic E-state index is 12.8. The summed E-state index contributed by atoms with van der Waals surface area (Å²) in [5, 5.41) is 8.98. The van der Waals surface area contributed by atoms with Crippen molar-refractivity contribution >= 4 is 33.6 Å². The van der Waals surface area contributed by atoms with Gasteiger partial charge in [0.2, 0.25) is 0 Å². The standard InChI is InChI=1S/C17H14N2O6S/c1-11-9-12(16(21)22)7-8-14(11)26(24,25)19-15(20)10-18(17(19)23)13-5-3-2-4-6-13/h2-9H,10H2,1H3,(H,21,22). The number of carboxylic acid groups (broad SMARTS) is 1. The van der Waals surface area contributed by atoms with Crippen molar-refractivity contribution < 1.29 is 27.9 Å². The molecule has 1 aliphatic heterocycles. The minimum absolute atomic E-state index is 0.0913. The van der Waals surface area contributed by atoms with Crippen LogP contribution in [-0.4, -0.2) is 42.3 Å². The fraction of sp³-hybridized carbons (Fsp3) is 0.118. The van der Waals surface area contributed by atoms with Gasteiger partial charge in [0, 0.05) is 5.69 Å². The molecule has 1 heterocycles. The Labute approximate surface area is 149 Å². The molecule has 2 aromatic carbocycles. The molecule has 134 valence electrons. The molecule has 0 saturated carbocycles. The summed E-state index contributed by atoms with van der Waals surface area (Å²) < 4.78 is 25.9. The van der Waals surface area contributed by atoms with Gasteiger partial charge in [-0.25, -0.2) is 18.0 Å². The summed E-state index contributed by atoms with van der Waals surface area (Å²) in [6.07, 6.45) is 0. The third-order valence-corrected chi connectivity index (χ3v) is 5.79. The van der Waals surface area contributed by atoms with E-state index in [2.05, 4.69) is 0 Å². The smallest absolute Gasteiger partial charge is 0.346 e. The molecule has 1 fully saturated rings. The Morgan fingerprint density at radius 3 is 2.31 bits per heavy atom. The first-order valence-electron chi connectivity index (χ1n) is 7.52. The molecule has 0 unspecified atom stereocenters. The maximum atomic E-state index is 12.8. The van der Waals surface area contributed by atoms with Crippen molar-refractivity contribution in [3.8, 4) is 0 Å². The minimum atomic E-state index is -4.45. The Morgan fingerprint density at radius 2 is 1.73 bits per heavy atom. The van der Waals surface area contributed by atoms with Crippen molar-refractivity contribution in [2.45, 2.75) is 11.8 Å². The number of carbonyl (C=O) groups excluding carboxylic acids is 2. The number of imide groups is 1. The van der Waals surface area contributed by atoms with Gasteiger partial charge in [-0.1, -0.05) is 18.2 Å². The van der Waals surface area contributed by atoms with Crippen LogP contribution in [0, 0.1) is 6.92 Å². The number of anilines is 1. The second-order valence-electron chi connectivity index (χ2n) is 5.65. The van der Waals surface area contributed by atoms with Gasteiger partial charge in [0.25, 0.3) is 15.9 Å². The van der Waals surface area contributed by atoms with E-state index in [1.165, 1.54) is 13.0 Å². The van der Waals surface area contributed by atoms with Crippen LogP contribution in [0.5, 0.6) is 0 Å². The summed E-state index contributed by atoms with van der Waals surface area (Å²) in [6.45, 7) is 1.01. The van der Waals surface area contributed by atoms with E-state index in [0.29, 0.717) is 5.69 Å². The molecule has 8 nitrogen and oxygen atoms in total. The number of aryl methyl sites for hydroxylation is 1. The van der Waals surface area contributed by atoms with E-state index < -0.39 is 34.5 Å². The van der Waals surface area contributed by atoms with Crippen molar-refractivity contribution in [2.24, 2.45) is 0 Å². The van der Waals surface area contributed by atoms with Crippen LogP contribution in [0.15, 0.2) is 53.4 Å². The summed E-state index contributed by atoms with van der Waals surface area (Å²) in [5.41, 5.74) is 0.441. The molecule has 26 heavy (non-hydrogen) atoms. The molecular weight excluding hydrogens is 360 g/mol. The number of carbonyl (C=O) groups is 3. The van der Waals surface area contributed by atoms with Gasteiger partial charge in [-0.15, -0.1) is 4.31 Å². The SMILES string of the molecule is Cc1cc(C(=O)O)ccc1S(=O)(=O)N1C(=O)CN(c2ccccc2)C1=O. The average Bonchev–Trinajstić information content (AvgIpc) is 2.90. The number of hydrogen-bond acceptors (Lipinski definition) is 5. The summed E-state index contributed by atoms with van der Waals surface area (Å²) in [4.78, 5) is 36.6. The lowest BCUT2D eigenvalue weighted by atomic mass is 10.1. The van der Waals surface area contributed by atoms with Gasteiger partial charge in [-0.3, -0.25) is 9.69 Å². The van der Waals surface area contributed by atoms with Crippen LogP contribution in [0.1, 0.15) is 15.9 Å². The predicted molar refractivity (Wildman–Crippen MR) is 91.4 cm³/mol. The highest BCUT2D eigenvalue weighted by Gasteiger charge is 2.45. The predicted octanol–water partition coefficient (Wildman–Crippen LogP) is 1.85. The molecule has 0 bridgehead atoms. The zero-order valence-corrected chi connectivity index (χ0v) is 14.4. The lowest BCUT2D eigenvalue weighted by Gasteiger charge is -2.18. The third-order valence-electron chi connectivity index (χ3n) is 3.93. The summed E-state index contributed by atoms with van der Waals surface area (Å²) >= 11 is 0. The fourth-order valence-corrected chi connectivity index (χ4v) is 4.23. The van der Waals surface area contributed by atoms with E-state index in [1.807, 2.05) is 0 Å². The number of amides is 3. The number of urea groups is 1. The number of benzene rings is 2. The average molecular weight is 374 g/mol. The van der Waals surface area contributed by atoms with Gasteiger partial charge >= 0.3 is 12.0 Å². The van der Waals surface area contributed by atoms with E-state index in [-0.39, 0.29) is 20.3 Å². The Morgan fingerprint density at radius 1 is 1.08 bits per heavy atom. The molecule has 3 rings (SSSR count). The highest BCUT2D eigenvalue weighted by Crippen LogP contribution is 2.28. The van der Waals surface area contributed by atoms with Gasteiger partial charge in [0.05, 0.1) is 10.5 Å². The van der Waals surface area contributed by atoms with Gasteiger partial charge in [0.15, 0.2) is 0 Å². The topological polar surface area (TPSA) is 112 Å². The first kappa shape index (κ1) is 17.6. The molecule has 1 saturated heterocycles. The fourth-order valence-electron chi connectivity index (χ4n) is 2.70. The zero-order chi connectivity index (χ0) is 19.1. The molecule has 1 N–H and O–H groups in total. The van der Waals surface area contributed by atoms with Crippen LogP contribution >= 0.6 is 0 Å². The van der Waals surface area contributed by atoms with E-state index >= 15 is 0 Å². The largest absolute Gasteiger partial charge is 0.478 e. The number of carboxylic acids is 1. The summed E-state index contributed by atoms with van der Waals surface area (Å²) in [6, 6.07) is 10.6. The second kappa shape index (κ2) is 6.26. The maximum Gasteiger partial charge on any atom is 0.346 e. The van der Waals surface area contributed by atoms with Crippen LogP contribution in [0.4, 0.5) is 10.5 Å². The Bertz CT molecular complexity index is 1020. The van der Waals surface area contributed by atoms with Crippen LogP contribution in [0.3, 0.4) is 0 Å². The lowest BCUT2D eigenvalue weighted by Crippen LogP contribution is -2.38. The molecule has 3 amide bonds. The van der Waals surface area contributed by atoms with Crippen molar-refractivity contribution in [1.82, 2.24) is 4.31 Å². The van der Waals surface area contributed by atoms with Crippen molar-refractivity contribution in [3.63, 3.8) is 0 Å². The van der Waals surface area contributed by atoms with E-state index in [0.717, 1.165) is 17.0 Å². The zero-order valence-electron chi connectivity index (χ0n) is 13.6. The highest BCUT2D eigenvalue weighted by molar-refractivity contribution is 7.90. The van der Waals surface area contributed by atoms with Crippen molar-refractivity contribution in [1.29, 1.82) is 0 Å². The van der Waals surface area contributed by atoms with Gasteiger partial charge in [0.1, 0.15) is 6.54 Å². The quantitative estimate of drug-likeness (QED) is 0.818. The van der Waals surface area contributed by atoms with Gasteiger partial charge in [-0.05, 0) is 42.8 Å². The van der Waals surface area contributed by atoms with E-state index in [9.17, 15) is 22.8 Å². The second-order valence-corrected chi connectivity index (χ2v) is 7.41. The molecular formula is C17H14N2O6S. The van der Waals surface area contributed by atoms with Crippen LogP contribution in [0.2, 0.25) is 0 Å². The Kier molecular flexibility index (Phi) is 4.25. The Hall–Kier alpha value is -3.20. The number of hydrogen-bond donors (Lipinski definition) is 1. The highest BCUT2D eigenvalue weighted by atomic mass is 32.2. The molecule has 9 heteroatoms. The monoisotopic (exact) mass is 374 g/mol. The first-order chi connectivity index (χ1) is 12.2. The number of para-hydroxylation sites is 1. The van der Waals surface area contributed by atoms with Crippen LogP contribution in [0.25, 0.3) is 0 Å². The molecule has 2 aromatic rings. The molecule has 0 aromatic heterocycles. The third kappa shape index (κ3) is 2.82. The van der Waals surface area contributed by atoms with Crippen molar-refractivity contribution in [3.05, 3.63) is 59.7 Å². The van der Waals surface area contributed by atoms with E-state index in [1.54, 1.807) is 30.3 Å². The molecule has 0 radical (unpaired) electrons. The molecule has 0 spiro atoms. The lowest BCUT2D eigenvalue weighted by molar-refractivity contribution is -0.121. The van der Waals surface area contributed by atoms with Crippen LogP contribution in [-0.2, 0) is 14.8 Å². The van der Waals surface area contributed by atoms with E-state index in [4.69, 9.17) is 5.11 Å². The number of aromatic carboxylic acids is 1. The molecule has 1 aliphatic rings.